The van der Waals surface area contributed by atoms with E-state index in [9.17, 15) is 5.11 Å². The third-order valence-electron chi connectivity index (χ3n) is 2.67. The summed E-state index contributed by atoms with van der Waals surface area (Å²) in [7, 11) is 0. The zero-order chi connectivity index (χ0) is 12.3. The van der Waals surface area contributed by atoms with E-state index in [0.29, 0.717) is 5.02 Å². The van der Waals surface area contributed by atoms with Gasteiger partial charge in [-0.25, -0.2) is 0 Å². The molecule has 17 heavy (non-hydrogen) atoms. The van der Waals surface area contributed by atoms with E-state index >= 15 is 0 Å². The van der Waals surface area contributed by atoms with Gasteiger partial charge in [0.2, 0.25) is 0 Å². The van der Waals surface area contributed by atoms with Crippen LogP contribution in [0, 0.1) is 0 Å². The number of hydrogen-bond acceptors (Lipinski definition) is 2. The van der Waals surface area contributed by atoms with Gasteiger partial charge in [-0.2, -0.15) is 5.10 Å². The molecule has 1 heterocycles. The van der Waals surface area contributed by atoms with Gasteiger partial charge in [0, 0.05) is 23.3 Å². The number of phenols is 1. The van der Waals surface area contributed by atoms with Crippen LogP contribution in [0.25, 0.3) is 11.3 Å². The quantitative estimate of drug-likeness (QED) is 0.898. The summed E-state index contributed by atoms with van der Waals surface area (Å²) in [5.74, 6) is 0.229. The summed E-state index contributed by atoms with van der Waals surface area (Å²) in [4.78, 5) is 0. The molecule has 0 saturated heterocycles. The minimum Gasteiger partial charge on any atom is -0.507 e. The van der Waals surface area contributed by atoms with Crippen molar-refractivity contribution in [1.82, 2.24) is 9.78 Å². The molecular formula is C13H15ClN2O. The number of aromatic nitrogens is 2. The van der Waals surface area contributed by atoms with E-state index in [1.165, 1.54) is 0 Å². The lowest BCUT2D eigenvalue weighted by Crippen LogP contribution is -2.01. The van der Waals surface area contributed by atoms with Crippen LogP contribution in [-0.4, -0.2) is 14.9 Å². The smallest absolute Gasteiger partial charge is 0.125 e. The van der Waals surface area contributed by atoms with Crippen molar-refractivity contribution in [2.75, 3.05) is 0 Å². The van der Waals surface area contributed by atoms with Crippen molar-refractivity contribution in [2.45, 2.75) is 26.3 Å². The first-order valence-electron chi connectivity index (χ1n) is 5.73. The first kappa shape index (κ1) is 12.0. The van der Waals surface area contributed by atoms with Crippen LogP contribution in [0.2, 0.25) is 5.02 Å². The van der Waals surface area contributed by atoms with Crippen molar-refractivity contribution in [1.29, 1.82) is 0 Å². The van der Waals surface area contributed by atoms with E-state index in [4.69, 9.17) is 11.6 Å². The second-order valence-electron chi connectivity index (χ2n) is 3.95. The Morgan fingerprint density at radius 1 is 1.35 bits per heavy atom. The highest BCUT2D eigenvalue weighted by atomic mass is 35.5. The van der Waals surface area contributed by atoms with Crippen molar-refractivity contribution in [3.8, 4) is 17.0 Å². The molecule has 4 heteroatoms. The molecule has 0 aliphatic rings. The predicted octanol–water partition coefficient (Wildman–Crippen LogP) is 3.71. The number of hydrogen-bond donors (Lipinski definition) is 1. The maximum absolute atomic E-state index is 9.86. The Labute approximate surface area is 106 Å². The summed E-state index contributed by atoms with van der Waals surface area (Å²) in [5, 5.41) is 14.7. The van der Waals surface area contributed by atoms with Gasteiger partial charge in [0.25, 0.3) is 0 Å². The van der Waals surface area contributed by atoms with Crippen LogP contribution in [0.1, 0.15) is 19.8 Å². The summed E-state index contributed by atoms with van der Waals surface area (Å²) < 4.78 is 1.90. The number of unbranched alkanes of at least 4 members (excludes halogenated alkanes) is 1. The number of aromatic hydroxyl groups is 1. The van der Waals surface area contributed by atoms with E-state index in [2.05, 4.69) is 12.0 Å². The molecule has 0 aliphatic carbocycles. The summed E-state index contributed by atoms with van der Waals surface area (Å²) in [6, 6.07) is 6.93. The maximum Gasteiger partial charge on any atom is 0.125 e. The molecule has 0 saturated carbocycles. The Hall–Kier alpha value is -1.48. The van der Waals surface area contributed by atoms with Gasteiger partial charge in [0.15, 0.2) is 0 Å². The first-order valence-corrected chi connectivity index (χ1v) is 6.11. The van der Waals surface area contributed by atoms with E-state index < -0.39 is 0 Å². The summed E-state index contributed by atoms with van der Waals surface area (Å²) in [5.41, 5.74) is 1.63. The average Bonchev–Trinajstić information content (AvgIpc) is 2.77. The zero-order valence-corrected chi connectivity index (χ0v) is 10.5. The van der Waals surface area contributed by atoms with Gasteiger partial charge in [0.05, 0.1) is 5.69 Å². The molecular weight excluding hydrogens is 236 g/mol. The van der Waals surface area contributed by atoms with Crippen molar-refractivity contribution >= 4 is 11.6 Å². The van der Waals surface area contributed by atoms with E-state index in [1.807, 2.05) is 10.7 Å². The second-order valence-corrected chi connectivity index (χ2v) is 4.39. The molecule has 0 atom stereocenters. The molecule has 0 aliphatic heterocycles. The molecule has 3 nitrogen and oxygen atoms in total. The second kappa shape index (κ2) is 5.23. The molecule has 1 N–H and O–H groups in total. The van der Waals surface area contributed by atoms with Crippen LogP contribution in [0.4, 0.5) is 0 Å². The van der Waals surface area contributed by atoms with E-state index in [1.54, 1.807) is 24.4 Å². The highest BCUT2D eigenvalue weighted by Gasteiger charge is 2.10. The maximum atomic E-state index is 9.86. The van der Waals surface area contributed by atoms with Crippen molar-refractivity contribution < 1.29 is 5.11 Å². The number of phenolic OH excluding ortho intramolecular Hbond substituents is 1. The van der Waals surface area contributed by atoms with Gasteiger partial charge in [-0.15, -0.1) is 0 Å². The van der Waals surface area contributed by atoms with Gasteiger partial charge in [-0.1, -0.05) is 24.9 Å². The third kappa shape index (κ3) is 2.61. The van der Waals surface area contributed by atoms with Gasteiger partial charge in [-0.05, 0) is 30.7 Å². The number of rotatable bonds is 4. The molecule has 0 fully saturated rings. The summed E-state index contributed by atoms with van der Waals surface area (Å²) in [6.45, 7) is 2.99. The topological polar surface area (TPSA) is 38.0 Å². The fourth-order valence-electron chi connectivity index (χ4n) is 1.76. The lowest BCUT2D eigenvalue weighted by atomic mass is 10.1. The lowest BCUT2D eigenvalue weighted by Gasteiger charge is -2.08. The molecule has 0 amide bonds. The molecule has 0 radical (unpaired) electrons. The van der Waals surface area contributed by atoms with Gasteiger partial charge < -0.3 is 5.11 Å². The largest absolute Gasteiger partial charge is 0.507 e. The molecule has 90 valence electrons. The van der Waals surface area contributed by atoms with Crippen LogP contribution >= 0.6 is 11.6 Å². The normalized spacial score (nSPS) is 10.7. The molecule has 2 aromatic rings. The molecule has 2 rings (SSSR count). The van der Waals surface area contributed by atoms with Crippen molar-refractivity contribution in [3.05, 3.63) is 35.5 Å². The number of aryl methyl sites for hydroxylation is 1. The average molecular weight is 251 g/mol. The summed E-state index contributed by atoms with van der Waals surface area (Å²) in [6.07, 6.45) is 3.92. The minimum absolute atomic E-state index is 0.229. The molecule has 0 unspecified atom stereocenters. The Kier molecular flexibility index (Phi) is 3.69. The van der Waals surface area contributed by atoms with Crippen LogP contribution in [0.15, 0.2) is 30.5 Å². The predicted molar refractivity (Wildman–Crippen MR) is 69.2 cm³/mol. The monoisotopic (exact) mass is 250 g/mol. The van der Waals surface area contributed by atoms with Gasteiger partial charge >= 0.3 is 0 Å². The Morgan fingerprint density at radius 3 is 2.94 bits per heavy atom. The summed E-state index contributed by atoms with van der Waals surface area (Å²) >= 11 is 5.95. The van der Waals surface area contributed by atoms with Crippen LogP contribution < -0.4 is 0 Å². The van der Waals surface area contributed by atoms with Crippen LogP contribution in [0.3, 0.4) is 0 Å². The SMILES string of the molecule is CCCCn1nccc1-c1cc(Cl)ccc1O. The fourth-order valence-corrected chi connectivity index (χ4v) is 1.93. The van der Waals surface area contributed by atoms with Gasteiger partial charge in [0.1, 0.15) is 5.75 Å². The number of halogens is 1. The van der Waals surface area contributed by atoms with Crippen molar-refractivity contribution in [2.24, 2.45) is 0 Å². The van der Waals surface area contributed by atoms with Crippen molar-refractivity contribution in [3.63, 3.8) is 0 Å². The molecule has 1 aromatic carbocycles. The number of benzene rings is 1. The minimum atomic E-state index is 0.229. The molecule has 0 spiro atoms. The highest BCUT2D eigenvalue weighted by molar-refractivity contribution is 6.30. The van der Waals surface area contributed by atoms with Gasteiger partial charge in [-0.3, -0.25) is 4.68 Å². The molecule has 1 aromatic heterocycles. The first-order chi connectivity index (χ1) is 8.22. The lowest BCUT2D eigenvalue weighted by molar-refractivity contribution is 0.476. The van der Waals surface area contributed by atoms with E-state index in [0.717, 1.165) is 30.6 Å². The Balaban J connectivity index is 2.38. The van der Waals surface area contributed by atoms with E-state index in [-0.39, 0.29) is 5.75 Å². The van der Waals surface area contributed by atoms with Crippen LogP contribution in [-0.2, 0) is 6.54 Å². The molecule has 0 bridgehead atoms. The highest BCUT2D eigenvalue weighted by Crippen LogP contribution is 2.31. The Bertz CT molecular complexity index is 508. The zero-order valence-electron chi connectivity index (χ0n) is 9.73. The fraction of sp³-hybridized carbons (Fsp3) is 0.308. The third-order valence-corrected chi connectivity index (χ3v) is 2.91. The Morgan fingerprint density at radius 2 is 2.18 bits per heavy atom. The standard InChI is InChI=1S/C13H15ClN2O/c1-2-3-8-16-12(6-7-15-16)11-9-10(14)4-5-13(11)17/h4-7,9,17H,2-3,8H2,1H3. The number of nitrogens with zero attached hydrogens (tertiary/aromatic N) is 2. The van der Waals surface area contributed by atoms with Crippen LogP contribution in [0.5, 0.6) is 5.75 Å².